The van der Waals surface area contributed by atoms with Gasteiger partial charge in [0, 0.05) is 12.7 Å². The molecule has 5 heteroatoms. The predicted octanol–water partition coefficient (Wildman–Crippen LogP) is 2.01. The van der Waals surface area contributed by atoms with E-state index in [1.165, 1.54) is 0 Å². The van der Waals surface area contributed by atoms with Crippen LogP contribution >= 0.6 is 0 Å². The lowest BCUT2D eigenvalue weighted by molar-refractivity contribution is 0.399. The third-order valence-electron chi connectivity index (χ3n) is 3.05. The van der Waals surface area contributed by atoms with Crippen molar-refractivity contribution in [1.29, 1.82) is 0 Å². The van der Waals surface area contributed by atoms with Gasteiger partial charge in [0.15, 0.2) is 5.75 Å². The van der Waals surface area contributed by atoms with Gasteiger partial charge in [0.05, 0.1) is 25.0 Å². The van der Waals surface area contributed by atoms with Crippen molar-refractivity contribution >= 4 is 0 Å². The molecule has 2 aromatic heterocycles. The number of hydrogen-bond acceptors (Lipinski definition) is 4. The normalized spacial score (nSPS) is 12.4. The fourth-order valence-electron chi connectivity index (χ4n) is 2.19. The van der Waals surface area contributed by atoms with Gasteiger partial charge in [-0.25, -0.2) is 0 Å². The standard InChI is InChI=1S/C14H20N4O/c1-4-9-18-14(12(19-3)10-17-18)13(15-2)11-7-5-6-8-16-11/h5-8,10,13,15H,4,9H2,1-3H3. The maximum atomic E-state index is 5.43. The Hall–Kier alpha value is -1.88. The van der Waals surface area contributed by atoms with Crippen molar-refractivity contribution in [2.45, 2.75) is 25.9 Å². The van der Waals surface area contributed by atoms with Gasteiger partial charge in [-0.3, -0.25) is 9.67 Å². The van der Waals surface area contributed by atoms with E-state index in [0.29, 0.717) is 0 Å². The van der Waals surface area contributed by atoms with Crippen molar-refractivity contribution in [2.75, 3.05) is 14.2 Å². The van der Waals surface area contributed by atoms with Crippen LogP contribution in [0.5, 0.6) is 5.75 Å². The van der Waals surface area contributed by atoms with Crippen molar-refractivity contribution in [2.24, 2.45) is 0 Å². The number of ether oxygens (including phenoxy) is 1. The number of rotatable bonds is 6. The molecule has 1 N–H and O–H groups in total. The molecule has 0 bridgehead atoms. The summed E-state index contributed by atoms with van der Waals surface area (Å²) in [6, 6.07) is 5.88. The zero-order valence-corrected chi connectivity index (χ0v) is 11.6. The zero-order chi connectivity index (χ0) is 13.7. The van der Waals surface area contributed by atoms with Gasteiger partial charge in [-0.1, -0.05) is 13.0 Å². The van der Waals surface area contributed by atoms with Crippen molar-refractivity contribution in [3.63, 3.8) is 0 Å². The molecule has 2 heterocycles. The average molecular weight is 260 g/mol. The van der Waals surface area contributed by atoms with Crippen molar-refractivity contribution in [3.05, 3.63) is 42.0 Å². The highest BCUT2D eigenvalue weighted by Crippen LogP contribution is 2.28. The minimum absolute atomic E-state index is 0.0230. The van der Waals surface area contributed by atoms with Crippen LogP contribution in [0.15, 0.2) is 30.6 Å². The fraction of sp³-hybridized carbons (Fsp3) is 0.429. The van der Waals surface area contributed by atoms with E-state index in [1.54, 1.807) is 19.5 Å². The molecule has 0 amide bonds. The molecule has 5 nitrogen and oxygen atoms in total. The van der Waals surface area contributed by atoms with E-state index in [0.717, 1.165) is 30.1 Å². The molecule has 1 atom stereocenters. The number of aryl methyl sites for hydroxylation is 1. The quantitative estimate of drug-likeness (QED) is 0.863. The largest absolute Gasteiger partial charge is 0.493 e. The van der Waals surface area contributed by atoms with Crippen molar-refractivity contribution in [1.82, 2.24) is 20.1 Å². The van der Waals surface area contributed by atoms with Crippen LogP contribution in [0, 0.1) is 0 Å². The lowest BCUT2D eigenvalue weighted by Crippen LogP contribution is -2.23. The van der Waals surface area contributed by atoms with Crippen LogP contribution in [-0.4, -0.2) is 28.9 Å². The van der Waals surface area contributed by atoms with Crippen LogP contribution in [0.4, 0.5) is 0 Å². The Balaban J connectivity index is 2.45. The minimum atomic E-state index is -0.0230. The second kappa shape index (κ2) is 6.33. The summed E-state index contributed by atoms with van der Waals surface area (Å²) in [5.74, 6) is 0.790. The Kier molecular flexibility index (Phi) is 4.52. The monoisotopic (exact) mass is 260 g/mol. The number of nitrogens with one attached hydrogen (secondary N) is 1. The Morgan fingerprint density at radius 2 is 2.26 bits per heavy atom. The first kappa shape index (κ1) is 13.5. The summed E-state index contributed by atoms with van der Waals surface area (Å²) in [5, 5.41) is 7.69. The smallest absolute Gasteiger partial charge is 0.161 e. The lowest BCUT2D eigenvalue weighted by atomic mass is 10.1. The maximum absolute atomic E-state index is 5.43. The molecule has 0 aliphatic carbocycles. The SMILES string of the molecule is CCCn1ncc(OC)c1C(NC)c1ccccn1. The van der Waals surface area contributed by atoms with Gasteiger partial charge in [0.25, 0.3) is 0 Å². The molecule has 0 aromatic carbocycles. The second-order valence-electron chi connectivity index (χ2n) is 4.30. The van der Waals surface area contributed by atoms with Crippen LogP contribution in [0.1, 0.15) is 30.8 Å². The highest BCUT2D eigenvalue weighted by atomic mass is 16.5. The van der Waals surface area contributed by atoms with E-state index >= 15 is 0 Å². The maximum Gasteiger partial charge on any atom is 0.161 e. The summed E-state index contributed by atoms with van der Waals surface area (Å²) in [4.78, 5) is 4.42. The molecule has 0 spiro atoms. The van der Waals surface area contributed by atoms with Crippen LogP contribution in [-0.2, 0) is 6.54 Å². The number of nitrogens with zero attached hydrogens (tertiary/aromatic N) is 3. The van der Waals surface area contributed by atoms with Crippen LogP contribution in [0.2, 0.25) is 0 Å². The Morgan fingerprint density at radius 1 is 1.42 bits per heavy atom. The van der Waals surface area contributed by atoms with E-state index < -0.39 is 0 Å². The first-order valence-corrected chi connectivity index (χ1v) is 6.49. The van der Waals surface area contributed by atoms with Gasteiger partial charge in [0.1, 0.15) is 5.69 Å². The fourth-order valence-corrected chi connectivity index (χ4v) is 2.19. The van der Waals surface area contributed by atoms with E-state index in [9.17, 15) is 0 Å². The van der Waals surface area contributed by atoms with Gasteiger partial charge in [-0.05, 0) is 25.6 Å². The predicted molar refractivity (Wildman–Crippen MR) is 74.2 cm³/mol. The van der Waals surface area contributed by atoms with Crippen molar-refractivity contribution in [3.8, 4) is 5.75 Å². The van der Waals surface area contributed by atoms with Crippen LogP contribution in [0.3, 0.4) is 0 Å². The molecule has 19 heavy (non-hydrogen) atoms. The lowest BCUT2D eigenvalue weighted by Gasteiger charge is -2.18. The molecule has 0 radical (unpaired) electrons. The van der Waals surface area contributed by atoms with E-state index in [-0.39, 0.29) is 6.04 Å². The number of aromatic nitrogens is 3. The van der Waals surface area contributed by atoms with Gasteiger partial charge in [-0.15, -0.1) is 0 Å². The summed E-state index contributed by atoms with van der Waals surface area (Å²) >= 11 is 0. The number of hydrogen-bond donors (Lipinski definition) is 1. The van der Waals surface area contributed by atoms with Crippen LogP contribution in [0.25, 0.3) is 0 Å². The Morgan fingerprint density at radius 3 is 2.84 bits per heavy atom. The third kappa shape index (κ3) is 2.76. The highest BCUT2D eigenvalue weighted by Gasteiger charge is 2.22. The molecule has 0 aliphatic heterocycles. The summed E-state index contributed by atoms with van der Waals surface area (Å²) < 4.78 is 7.41. The Bertz CT molecular complexity index is 509. The topological polar surface area (TPSA) is 52.0 Å². The summed E-state index contributed by atoms with van der Waals surface area (Å²) in [7, 11) is 3.59. The number of methoxy groups -OCH3 is 1. The van der Waals surface area contributed by atoms with Gasteiger partial charge < -0.3 is 10.1 Å². The van der Waals surface area contributed by atoms with E-state index in [4.69, 9.17) is 4.74 Å². The summed E-state index contributed by atoms with van der Waals surface area (Å²) in [5.41, 5.74) is 1.98. The Labute approximate surface area is 113 Å². The molecule has 0 saturated heterocycles. The molecule has 2 aromatic rings. The van der Waals surface area contributed by atoms with Gasteiger partial charge >= 0.3 is 0 Å². The van der Waals surface area contributed by atoms with E-state index in [1.807, 2.05) is 29.9 Å². The molecule has 0 aliphatic rings. The average Bonchev–Trinajstić information content (AvgIpc) is 2.85. The van der Waals surface area contributed by atoms with Crippen LogP contribution < -0.4 is 10.1 Å². The molecule has 2 rings (SSSR count). The molecule has 0 fully saturated rings. The first-order valence-electron chi connectivity index (χ1n) is 6.49. The highest BCUT2D eigenvalue weighted by molar-refractivity contribution is 5.33. The van der Waals surface area contributed by atoms with Gasteiger partial charge in [-0.2, -0.15) is 5.10 Å². The minimum Gasteiger partial charge on any atom is -0.493 e. The van der Waals surface area contributed by atoms with Crippen molar-refractivity contribution < 1.29 is 4.74 Å². The molecule has 1 unspecified atom stereocenters. The molecular formula is C14H20N4O. The summed E-state index contributed by atoms with van der Waals surface area (Å²) in [6.45, 7) is 3.00. The van der Waals surface area contributed by atoms with Gasteiger partial charge in [0.2, 0.25) is 0 Å². The third-order valence-corrected chi connectivity index (χ3v) is 3.05. The van der Waals surface area contributed by atoms with E-state index in [2.05, 4.69) is 22.3 Å². The molecule has 102 valence electrons. The zero-order valence-electron chi connectivity index (χ0n) is 11.6. The molecular weight excluding hydrogens is 240 g/mol. The molecule has 0 saturated carbocycles. The number of pyridine rings is 1. The second-order valence-corrected chi connectivity index (χ2v) is 4.30. The first-order chi connectivity index (χ1) is 9.31. The summed E-state index contributed by atoms with van der Waals surface area (Å²) in [6.07, 6.45) is 4.58.